The third kappa shape index (κ3) is 4.12. The van der Waals surface area contributed by atoms with Crippen LogP contribution in [0, 0.1) is 5.92 Å². The molecule has 4 rings (SSSR count). The number of hydrogen-bond donors (Lipinski definition) is 0. The molecule has 27 heavy (non-hydrogen) atoms. The zero-order valence-electron chi connectivity index (χ0n) is 16.1. The molecule has 2 aliphatic rings. The summed E-state index contributed by atoms with van der Waals surface area (Å²) in [6.07, 6.45) is 7.86. The summed E-state index contributed by atoms with van der Waals surface area (Å²) in [5, 5.41) is 0. The van der Waals surface area contributed by atoms with Gasteiger partial charge in [0.1, 0.15) is 0 Å². The molecule has 142 valence electrons. The van der Waals surface area contributed by atoms with Crippen LogP contribution >= 0.6 is 0 Å². The minimum absolute atomic E-state index is 0.143. The van der Waals surface area contributed by atoms with Crippen LogP contribution < -0.4 is 4.90 Å². The largest absolute Gasteiger partial charge is 0.341 e. The van der Waals surface area contributed by atoms with Crippen LogP contribution in [0.25, 0.3) is 11.3 Å². The van der Waals surface area contributed by atoms with E-state index in [1.54, 1.807) is 0 Å². The molecular formula is C22H28N4O. The standard InChI is InChI=1S/C22H28N4O/c1-17-6-5-15-26(16-17)21(27)19-9-7-18(8-10-19)20-11-12-23-22(24-20)25-13-3-2-4-14-25/h7-12,17H,2-6,13-16H2,1H3/t17-/m0/s1. The number of amides is 1. The van der Waals surface area contributed by atoms with Crippen molar-refractivity contribution in [3.8, 4) is 11.3 Å². The van der Waals surface area contributed by atoms with Crippen LogP contribution in [0.5, 0.6) is 0 Å². The third-order valence-corrected chi connectivity index (χ3v) is 5.65. The lowest BCUT2D eigenvalue weighted by Gasteiger charge is -2.31. The summed E-state index contributed by atoms with van der Waals surface area (Å²) >= 11 is 0. The molecule has 2 aliphatic heterocycles. The molecule has 2 fully saturated rings. The van der Waals surface area contributed by atoms with Gasteiger partial charge in [0.05, 0.1) is 5.69 Å². The van der Waals surface area contributed by atoms with Gasteiger partial charge in [-0.15, -0.1) is 0 Å². The van der Waals surface area contributed by atoms with Crippen LogP contribution in [0.1, 0.15) is 49.4 Å². The van der Waals surface area contributed by atoms with Crippen LogP contribution in [0.4, 0.5) is 5.95 Å². The first-order valence-electron chi connectivity index (χ1n) is 10.2. The molecule has 3 heterocycles. The fourth-order valence-electron chi connectivity index (χ4n) is 4.10. The van der Waals surface area contributed by atoms with Gasteiger partial charge >= 0.3 is 0 Å². The molecule has 5 heteroatoms. The molecule has 1 aromatic carbocycles. The quantitative estimate of drug-likeness (QED) is 0.826. The number of rotatable bonds is 3. The molecule has 1 atom stereocenters. The van der Waals surface area contributed by atoms with E-state index in [0.29, 0.717) is 5.92 Å². The number of benzene rings is 1. The Morgan fingerprint density at radius 1 is 1.00 bits per heavy atom. The maximum atomic E-state index is 12.7. The van der Waals surface area contributed by atoms with Crippen molar-refractivity contribution >= 4 is 11.9 Å². The first kappa shape index (κ1) is 18.0. The fourth-order valence-corrected chi connectivity index (χ4v) is 4.10. The summed E-state index contributed by atoms with van der Waals surface area (Å²) in [7, 11) is 0. The molecule has 0 saturated carbocycles. The highest BCUT2D eigenvalue weighted by molar-refractivity contribution is 5.94. The van der Waals surface area contributed by atoms with Crippen LogP contribution in [-0.2, 0) is 0 Å². The van der Waals surface area contributed by atoms with E-state index in [9.17, 15) is 4.79 Å². The number of nitrogens with zero attached hydrogens (tertiary/aromatic N) is 4. The predicted molar refractivity (Wildman–Crippen MR) is 108 cm³/mol. The van der Waals surface area contributed by atoms with Gasteiger partial charge in [-0.3, -0.25) is 4.79 Å². The molecule has 0 radical (unpaired) electrons. The Kier molecular flexibility index (Phi) is 5.37. The summed E-state index contributed by atoms with van der Waals surface area (Å²) in [4.78, 5) is 26.2. The Balaban J connectivity index is 1.49. The Hall–Kier alpha value is -2.43. The van der Waals surface area contributed by atoms with Gasteiger partial charge in [0.2, 0.25) is 5.95 Å². The molecule has 1 aromatic heterocycles. The summed E-state index contributed by atoms with van der Waals surface area (Å²) in [5.74, 6) is 1.55. The van der Waals surface area contributed by atoms with Gasteiger partial charge in [-0.05, 0) is 56.2 Å². The molecule has 2 saturated heterocycles. The van der Waals surface area contributed by atoms with Gasteiger partial charge in [-0.25, -0.2) is 9.97 Å². The van der Waals surface area contributed by atoms with E-state index in [0.717, 1.165) is 55.4 Å². The summed E-state index contributed by atoms with van der Waals surface area (Å²) in [6.45, 7) is 6.02. The second kappa shape index (κ2) is 8.07. The lowest BCUT2D eigenvalue weighted by Crippen LogP contribution is -2.39. The zero-order valence-corrected chi connectivity index (χ0v) is 16.1. The van der Waals surface area contributed by atoms with E-state index >= 15 is 0 Å². The van der Waals surface area contributed by atoms with E-state index in [-0.39, 0.29) is 5.91 Å². The van der Waals surface area contributed by atoms with Crippen LogP contribution in [0.2, 0.25) is 0 Å². The molecule has 0 aliphatic carbocycles. The van der Waals surface area contributed by atoms with E-state index in [1.807, 2.05) is 41.4 Å². The molecule has 0 spiro atoms. The smallest absolute Gasteiger partial charge is 0.253 e. The Labute approximate surface area is 161 Å². The van der Waals surface area contributed by atoms with Crippen molar-refractivity contribution in [2.75, 3.05) is 31.1 Å². The molecule has 0 N–H and O–H groups in total. The van der Waals surface area contributed by atoms with Gasteiger partial charge in [0.25, 0.3) is 5.91 Å². The first-order chi connectivity index (χ1) is 13.2. The fraction of sp³-hybridized carbons (Fsp3) is 0.500. The number of aromatic nitrogens is 2. The number of likely N-dealkylation sites (tertiary alicyclic amines) is 1. The van der Waals surface area contributed by atoms with Gasteiger partial charge in [-0.2, -0.15) is 0 Å². The molecule has 1 amide bonds. The predicted octanol–water partition coefficient (Wildman–Crippen LogP) is 4.01. The number of piperidine rings is 2. The van der Waals surface area contributed by atoms with E-state index in [1.165, 1.54) is 25.7 Å². The van der Waals surface area contributed by atoms with E-state index in [2.05, 4.69) is 16.8 Å². The molecule has 0 bridgehead atoms. The summed E-state index contributed by atoms with van der Waals surface area (Å²) in [5.41, 5.74) is 2.70. The second-order valence-corrected chi connectivity index (χ2v) is 7.87. The van der Waals surface area contributed by atoms with Crippen molar-refractivity contribution in [3.63, 3.8) is 0 Å². The van der Waals surface area contributed by atoms with Gasteiger partial charge in [0, 0.05) is 43.5 Å². The lowest BCUT2D eigenvalue weighted by molar-refractivity contribution is 0.0683. The Morgan fingerprint density at radius 3 is 2.52 bits per heavy atom. The molecular weight excluding hydrogens is 336 g/mol. The van der Waals surface area contributed by atoms with Crippen molar-refractivity contribution in [2.45, 2.75) is 39.0 Å². The normalized spacial score (nSPS) is 20.6. The average Bonchev–Trinajstić information content (AvgIpc) is 2.74. The SMILES string of the molecule is C[C@H]1CCCN(C(=O)c2ccc(-c3ccnc(N4CCCCC4)n3)cc2)C1. The highest BCUT2D eigenvalue weighted by Crippen LogP contribution is 2.23. The minimum Gasteiger partial charge on any atom is -0.341 e. The summed E-state index contributed by atoms with van der Waals surface area (Å²) < 4.78 is 0. The maximum Gasteiger partial charge on any atom is 0.253 e. The van der Waals surface area contributed by atoms with Gasteiger partial charge in [0.15, 0.2) is 0 Å². The van der Waals surface area contributed by atoms with Crippen molar-refractivity contribution in [2.24, 2.45) is 5.92 Å². The van der Waals surface area contributed by atoms with Crippen molar-refractivity contribution in [3.05, 3.63) is 42.1 Å². The highest BCUT2D eigenvalue weighted by atomic mass is 16.2. The highest BCUT2D eigenvalue weighted by Gasteiger charge is 2.22. The average molecular weight is 364 g/mol. The third-order valence-electron chi connectivity index (χ3n) is 5.65. The second-order valence-electron chi connectivity index (χ2n) is 7.87. The van der Waals surface area contributed by atoms with E-state index < -0.39 is 0 Å². The minimum atomic E-state index is 0.143. The van der Waals surface area contributed by atoms with Crippen LogP contribution in [0.3, 0.4) is 0 Å². The summed E-state index contributed by atoms with van der Waals surface area (Å²) in [6, 6.07) is 9.81. The monoisotopic (exact) mass is 364 g/mol. The van der Waals surface area contributed by atoms with Crippen LogP contribution in [0.15, 0.2) is 36.5 Å². The van der Waals surface area contributed by atoms with Crippen molar-refractivity contribution in [1.29, 1.82) is 0 Å². The maximum absolute atomic E-state index is 12.7. The van der Waals surface area contributed by atoms with Crippen molar-refractivity contribution < 1.29 is 4.79 Å². The zero-order chi connectivity index (χ0) is 18.6. The Bertz CT molecular complexity index is 783. The van der Waals surface area contributed by atoms with Gasteiger partial charge < -0.3 is 9.80 Å². The molecule has 5 nitrogen and oxygen atoms in total. The number of carbonyl (C=O) groups excluding carboxylic acids is 1. The molecule has 0 unspecified atom stereocenters. The topological polar surface area (TPSA) is 49.3 Å². The Morgan fingerprint density at radius 2 is 1.78 bits per heavy atom. The molecule has 2 aromatic rings. The van der Waals surface area contributed by atoms with Crippen LogP contribution in [-0.4, -0.2) is 47.0 Å². The number of anilines is 1. The van der Waals surface area contributed by atoms with Crippen molar-refractivity contribution in [1.82, 2.24) is 14.9 Å². The number of hydrogen-bond acceptors (Lipinski definition) is 4. The van der Waals surface area contributed by atoms with Gasteiger partial charge in [-0.1, -0.05) is 19.1 Å². The first-order valence-corrected chi connectivity index (χ1v) is 10.2. The lowest BCUT2D eigenvalue weighted by atomic mass is 9.99. The van der Waals surface area contributed by atoms with E-state index in [4.69, 9.17) is 4.98 Å². The number of carbonyl (C=O) groups is 1.